The van der Waals surface area contributed by atoms with Crippen molar-refractivity contribution in [2.24, 2.45) is 17.8 Å². The molecular weight excluding hydrogens is 312 g/mol. The van der Waals surface area contributed by atoms with Gasteiger partial charge < -0.3 is 13.3 Å². The molecule has 0 aromatic rings. The van der Waals surface area contributed by atoms with Gasteiger partial charge in [0.1, 0.15) is 0 Å². The summed E-state index contributed by atoms with van der Waals surface area (Å²) in [6.45, 7) is 10.1. The summed E-state index contributed by atoms with van der Waals surface area (Å²) in [5.41, 5.74) is 1.59. The van der Waals surface area contributed by atoms with Gasteiger partial charge in [0, 0.05) is 25.9 Å². The minimum absolute atomic E-state index is 0.636. The standard InChI is InChI=1S/C17H30O3SSi/c1-5-18-22(19-6-2,20-7-3)9-8-14-10-16-11-15(14)12-17(16)13(4)21/h10,15-17H,5-9,11-12H2,1-4H3. The van der Waals surface area contributed by atoms with Crippen LogP contribution in [0.4, 0.5) is 0 Å². The summed E-state index contributed by atoms with van der Waals surface area (Å²) < 4.78 is 17.9. The van der Waals surface area contributed by atoms with E-state index in [1.165, 1.54) is 17.7 Å². The summed E-state index contributed by atoms with van der Waals surface area (Å²) in [6.07, 6.45) is 6.08. The Hall–Kier alpha value is -0.0731. The van der Waals surface area contributed by atoms with E-state index in [2.05, 4.69) is 13.0 Å². The highest BCUT2D eigenvalue weighted by Crippen LogP contribution is 2.49. The zero-order chi connectivity index (χ0) is 16.2. The van der Waals surface area contributed by atoms with Crippen molar-refractivity contribution in [2.45, 2.75) is 53.0 Å². The second-order valence-corrected chi connectivity index (χ2v) is 9.65. The second-order valence-electron chi connectivity index (χ2n) is 6.27. The molecule has 2 rings (SSSR count). The lowest BCUT2D eigenvalue weighted by atomic mass is 9.87. The van der Waals surface area contributed by atoms with E-state index in [0.717, 1.165) is 18.4 Å². The quantitative estimate of drug-likeness (QED) is 0.334. The van der Waals surface area contributed by atoms with E-state index < -0.39 is 8.80 Å². The van der Waals surface area contributed by atoms with Gasteiger partial charge in [-0.1, -0.05) is 23.9 Å². The molecule has 3 nitrogen and oxygen atoms in total. The predicted molar refractivity (Wildman–Crippen MR) is 96.1 cm³/mol. The van der Waals surface area contributed by atoms with Gasteiger partial charge in [-0.2, -0.15) is 0 Å². The SMILES string of the molecule is CCO[Si](CCC1=CC2CC1CC2C(C)=S)(OCC)OCC. The van der Waals surface area contributed by atoms with Gasteiger partial charge in [-0.25, -0.2) is 0 Å². The Morgan fingerprint density at radius 3 is 2.14 bits per heavy atom. The van der Waals surface area contributed by atoms with Crippen LogP contribution < -0.4 is 0 Å². The molecule has 0 heterocycles. The van der Waals surface area contributed by atoms with Gasteiger partial charge in [-0.3, -0.25) is 0 Å². The Kier molecular flexibility index (Phi) is 6.77. The summed E-state index contributed by atoms with van der Waals surface area (Å²) in [5, 5.41) is 0. The van der Waals surface area contributed by atoms with E-state index in [4.69, 9.17) is 25.5 Å². The number of rotatable bonds is 10. The maximum Gasteiger partial charge on any atom is 0.501 e. The number of allylic oxidation sites excluding steroid dienone is 2. The monoisotopic (exact) mass is 342 g/mol. The number of thiocarbonyl (C=S) groups is 1. The zero-order valence-electron chi connectivity index (χ0n) is 14.4. The first-order valence-corrected chi connectivity index (χ1v) is 11.0. The lowest BCUT2D eigenvalue weighted by Crippen LogP contribution is -2.46. The van der Waals surface area contributed by atoms with Gasteiger partial charge in [-0.05, 0) is 69.6 Å². The molecule has 0 radical (unpaired) electrons. The van der Waals surface area contributed by atoms with Crippen molar-refractivity contribution < 1.29 is 13.3 Å². The van der Waals surface area contributed by atoms with E-state index in [1.54, 1.807) is 5.57 Å². The average molecular weight is 343 g/mol. The molecule has 0 aliphatic heterocycles. The van der Waals surface area contributed by atoms with Crippen LogP contribution in [0.5, 0.6) is 0 Å². The molecule has 3 unspecified atom stereocenters. The molecule has 2 aliphatic carbocycles. The number of fused-ring (bicyclic) bond motifs is 2. The van der Waals surface area contributed by atoms with Crippen LogP contribution in [0.1, 0.15) is 47.0 Å². The summed E-state index contributed by atoms with van der Waals surface area (Å²) >= 11 is 5.40. The number of hydrogen-bond acceptors (Lipinski definition) is 4. The summed E-state index contributed by atoms with van der Waals surface area (Å²) in [6, 6.07) is 0.902. The van der Waals surface area contributed by atoms with Crippen LogP contribution >= 0.6 is 12.2 Å². The molecular formula is C17H30O3SSi. The summed E-state index contributed by atoms with van der Waals surface area (Å²) in [5.74, 6) is 2.04. The molecule has 0 spiro atoms. The first-order valence-electron chi connectivity index (χ1n) is 8.68. The van der Waals surface area contributed by atoms with Crippen LogP contribution in [-0.2, 0) is 13.3 Å². The topological polar surface area (TPSA) is 27.7 Å². The van der Waals surface area contributed by atoms with Crippen molar-refractivity contribution in [3.8, 4) is 0 Å². The highest BCUT2D eigenvalue weighted by Gasteiger charge is 2.44. The fraction of sp³-hybridized carbons (Fsp3) is 0.824. The molecule has 126 valence electrons. The Labute approximate surface area is 141 Å². The third-order valence-electron chi connectivity index (χ3n) is 4.90. The lowest BCUT2D eigenvalue weighted by Gasteiger charge is -2.29. The van der Waals surface area contributed by atoms with Crippen LogP contribution in [0.3, 0.4) is 0 Å². The molecule has 0 aromatic carbocycles. The van der Waals surface area contributed by atoms with Crippen LogP contribution in [0.2, 0.25) is 6.04 Å². The summed E-state index contributed by atoms with van der Waals surface area (Å²) in [4.78, 5) is 1.18. The molecule has 1 saturated carbocycles. The van der Waals surface area contributed by atoms with Gasteiger partial charge in [-0.15, -0.1) is 0 Å². The van der Waals surface area contributed by atoms with Gasteiger partial charge in [0.15, 0.2) is 0 Å². The molecule has 1 fully saturated rings. The fourth-order valence-electron chi connectivity index (χ4n) is 4.02. The van der Waals surface area contributed by atoms with E-state index in [9.17, 15) is 0 Å². The minimum atomic E-state index is -2.50. The third-order valence-corrected chi connectivity index (χ3v) is 8.25. The average Bonchev–Trinajstić information content (AvgIpc) is 3.06. The molecule has 22 heavy (non-hydrogen) atoms. The van der Waals surface area contributed by atoms with Gasteiger partial charge >= 0.3 is 8.80 Å². The largest absolute Gasteiger partial charge is 0.501 e. The van der Waals surface area contributed by atoms with E-state index >= 15 is 0 Å². The predicted octanol–water partition coefficient (Wildman–Crippen LogP) is 4.40. The maximum absolute atomic E-state index is 5.96. The molecule has 2 bridgehead atoms. The van der Waals surface area contributed by atoms with Crippen molar-refractivity contribution in [3.05, 3.63) is 11.6 Å². The molecule has 2 aliphatic rings. The van der Waals surface area contributed by atoms with Gasteiger partial charge in [0.25, 0.3) is 0 Å². The van der Waals surface area contributed by atoms with E-state index in [1.807, 2.05) is 20.8 Å². The summed E-state index contributed by atoms with van der Waals surface area (Å²) in [7, 11) is -2.50. The maximum atomic E-state index is 5.96. The van der Waals surface area contributed by atoms with Crippen LogP contribution in [0, 0.1) is 17.8 Å². The Morgan fingerprint density at radius 2 is 1.73 bits per heavy atom. The Balaban J connectivity index is 1.97. The fourth-order valence-corrected chi connectivity index (χ4v) is 6.89. The van der Waals surface area contributed by atoms with Crippen molar-refractivity contribution in [3.63, 3.8) is 0 Å². The lowest BCUT2D eigenvalue weighted by molar-refractivity contribution is 0.0712. The Bertz CT molecular complexity index is 407. The zero-order valence-corrected chi connectivity index (χ0v) is 16.2. The first kappa shape index (κ1) is 18.3. The normalized spacial score (nSPS) is 27.3. The molecule has 0 aromatic heterocycles. The molecule has 5 heteroatoms. The van der Waals surface area contributed by atoms with Crippen molar-refractivity contribution in [1.82, 2.24) is 0 Å². The molecule has 0 N–H and O–H groups in total. The highest BCUT2D eigenvalue weighted by molar-refractivity contribution is 7.80. The van der Waals surface area contributed by atoms with Crippen molar-refractivity contribution in [1.29, 1.82) is 0 Å². The molecule has 3 atom stereocenters. The molecule has 0 amide bonds. The van der Waals surface area contributed by atoms with Crippen molar-refractivity contribution >= 4 is 25.9 Å². The minimum Gasteiger partial charge on any atom is -0.374 e. The van der Waals surface area contributed by atoms with Crippen LogP contribution in [-0.4, -0.2) is 33.5 Å². The van der Waals surface area contributed by atoms with E-state index in [-0.39, 0.29) is 0 Å². The van der Waals surface area contributed by atoms with E-state index in [0.29, 0.717) is 31.7 Å². The Morgan fingerprint density at radius 1 is 1.14 bits per heavy atom. The molecule has 0 saturated heterocycles. The second kappa shape index (κ2) is 8.15. The number of hydrogen-bond donors (Lipinski definition) is 0. The van der Waals surface area contributed by atoms with Crippen molar-refractivity contribution in [2.75, 3.05) is 19.8 Å². The van der Waals surface area contributed by atoms with Crippen LogP contribution in [0.25, 0.3) is 0 Å². The smallest absolute Gasteiger partial charge is 0.374 e. The first-order chi connectivity index (χ1) is 10.5. The highest BCUT2D eigenvalue weighted by atomic mass is 32.1. The third kappa shape index (κ3) is 4.06. The van der Waals surface area contributed by atoms with Gasteiger partial charge in [0.05, 0.1) is 0 Å². The van der Waals surface area contributed by atoms with Crippen LogP contribution in [0.15, 0.2) is 11.6 Å². The van der Waals surface area contributed by atoms with Gasteiger partial charge in [0.2, 0.25) is 0 Å².